The number of aryl methyl sites for hydroxylation is 2. The Morgan fingerprint density at radius 1 is 0.900 bits per heavy atom. The molecule has 0 aliphatic rings. The molecule has 1 aromatic heterocycles. The molecule has 3 aromatic rings. The van der Waals surface area contributed by atoms with Crippen LogP contribution in [0.4, 0.5) is 17.3 Å². The van der Waals surface area contributed by atoms with Gasteiger partial charge in [0.1, 0.15) is 5.75 Å². The van der Waals surface area contributed by atoms with Crippen molar-refractivity contribution in [2.24, 2.45) is 0 Å². The zero-order valence-electron chi connectivity index (χ0n) is 17.2. The van der Waals surface area contributed by atoms with Gasteiger partial charge in [-0.25, -0.2) is 9.97 Å². The van der Waals surface area contributed by atoms with Crippen molar-refractivity contribution >= 4 is 29.0 Å². The van der Waals surface area contributed by atoms with Crippen molar-refractivity contribution in [1.29, 1.82) is 0 Å². The summed E-state index contributed by atoms with van der Waals surface area (Å²) < 4.78 is 5.08. The van der Waals surface area contributed by atoms with E-state index in [4.69, 9.17) is 4.74 Å². The number of amides is 1. The van der Waals surface area contributed by atoms with Gasteiger partial charge >= 0.3 is 0 Å². The average molecular weight is 404 g/mol. The molecular weight excluding hydrogens is 380 g/mol. The minimum absolute atomic E-state index is 0.0878. The highest BCUT2D eigenvalue weighted by molar-refractivity contribution is 6.00. The fourth-order valence-electron chi connectivity index (χ4n) is 2.96. The number of nitrogens with zero attached hydrogens (tertiary/aromatic N) is 2. The molecule has 7 nitrogen and oxygen atoms in total. The molecule has 7 heteroatoms. The van der Waals surface area contributed by atoms with Crippen LogP contribution in [0.15, 0.2) is 54.6 Å². The van der Waals surface area contributed by atoms with Crippen LogP contribution < -0.4 is 15.4 Å². The number of methoxy groups -OCH3 is 1. The maximum Gasteiger partial charge on any atom is 0.227 e. The van der Waals surface area contributed by atoms with E-state index in [1.165, 1.54) is 0 Å². The third kappa shape index (κ3) is 5.88. The van der Waals surface area contributed by atoms with Gasteiger partial charge in [-0.05, 0) is 62.4 Å². The molecule has 0 unspecified atom stereocenters. The summed E-state index contributed by atoms with van der Waals surface area (Å²) in [4.78, 5) is 33.3. The van der Waals surface area contributed by atoms with Gasteiger partial charge in [0.05, 0.1) is 7.11 Å². The van der Waals surface area contributed by atoms with Crippen molar-refractivity contribution < 1.29 is 14.3 Å². The van der Waals surface area contributed by atoms with Crippen molar-refractivity contribution in [2.45, 2.75) is 26.7 Å². The molecule has 0 saturated heterocycles. The standard InChI is InChI=1S/C23H24N4O3/c1-15-13-16(2)25-23(24-15)27-19-6-4-5-18(14-19)26-22(29)12-11-21(28)17-7-9-20(30-3)10-8-17/h4-10,13-14H,11-12H2,1-3H3,(H,26,29)(H,24,25,27). The van der Waals surface area contributed by atoms with Crippen molar-refractivity contribution in [3.63, 3.8) is 0 Å². The van der Waals surface area contributed by atoms with E-state index in [1.54, 1.807) is 43.5 Å². The first-order valence-electron chi connectivity index (χ1n) is 9.59. The molecule has 0 atom stereocenters. The third-order valence-corrected chi connectivity index (χ3v) is 4.38. The van der Waals surface area contributed by atoms with Crippen LogP contribution in [-0.4, -0.2) is 28.8 Å². The maximum atomic E-state index is 12.3. The molecule has 0 saturated carbocycles. The number of aromatic nitrogens is 2. The number of carbonyl (C=O) groups is 2. The first-order valence-corrected chi connectivity index (χ1v) is 9.59. The molecule has 2 N–H and O–H groups in total. The zero-order chi connectivity index (χ0) is 21.5. The lowest BCUT2D eigenvalue weighted by Crippen LogP contribution is -2.13. The van der Waals surface area contributed by atoms with E-state index in [9.17, 15) is 9.59 Å². The van der Waals surface area contributed by atoms with Gasteiger partial charge in [-0.2, -0.15) is 0 Å². The van der Waals surface area contributed by atoms with Crippen LogP contribution >= 0.6 is 0 Å². The third-order valence-electron chi connectivity index (χ3n) is 4.38. The lowest BCUT2D eigenvalue weighted by Gasteiger charge is -2.09. The van der Waals surface area contributed by atoms with Gasteiger partial charge in [0.15, 0.2) is 5.78 Å². The van der Waals surface area contributed by atoms with Gasteiger partial charge in [0.2, 0.25) is 11.9 Å². The summed E-state index contributed by atoms with van der Waals surface area (Å²) in [5, 5.41) is 5.97. The summed E-state index contributed by atoms with van der Waals surface area (Å²) in [5.41, 5.74) is 3.69. The SMILES string of the molecule is COc1ccc(C(=O)CCC(=O)Nc2cccc(Nc3nc(C)cc(C)n3)c2)cc1. The van der Waals surface area contributed by atoms with Crippen molar-refractivity contribution in [3.8, 4) is 5.75 Å². The van der Waals surface area contributed by atoms with Crippen LogP contribution in [0.25, 0.3) is 0 Å². The Kier molecular flexibility index (Phi) is 6.75. The number of nitrogens with one attached hydrogen (secondary N) is 2. The number of hydrogen-bond acceptors (Lipinski definition) is 6. The highest BCUT2D eigenvalue weighted by atomic mass is 16.5. The Bertz CT molecular complexity index is 1030. The fourth-order valence-corrected chi connectivity index (χ4v) is 2.96. The van der Waals surface area contributed by atoms with Gasteiger partial charge in [0, 0.05) is 41.2 Å². The van der Waals surface area contributed by atoms with Crippen LogP contribution in [0.1, 0.15) is 34.6 Å². The quantitative estimate of drug-likeness (QED) is 0.539. The smallest absolute Gasteiger partial charge is 0.227 e. The van der Waals surface area contributed by atoms with E-state index in [1.807, 2.05) is 32.0 Å². The molecule has 1 heterocycles. The Morgan fingerprint density at radius 3 is 2.23 bits per heavy atom. The first kappa shape index (κ1) is 21.0. The molecule has 154 valence electrons. The normalized spacial score (nSPS) is 10.4. The number of benzene rings is 2. The van der Waals surface area contributed by atoms with Crippen molar-refractivity contribution in [1.82, 2.24) is 9.97 Å². The highest BCUT2D eigenvalue weighted by Crippen LogP contribution is 2.19. The van der Waals surface area contributed by atoms with Crippen LogP contribution in [0, 0.1) is 13.8 Å². The van der Waals surface area contributed by atoms with Gasteiger partial charge in [-0.15, -0.1) is 0 Å². The van der Waals surface area contributed by atoms with Gasteiger partial charge < -0.3 is 15.4 Å². The Balaban J connectivity index is 1.56. The number of anilines is 3. The summed E-state index contributed by atoms with van der Waals surface area (Å²) in [5.74, 6) is 0.872. The Morgan fingerprint density at radius 2 is 1.57 bits per heavy atom. The molecule has 2 aromatic carbocycles. The molecule has 0 radical (unpaired) electrons. The lowest BCUT2D eigenvalue weighted by atomic mass is 10.1. The maximum absolute atomic E-state index is 12.3. The van der Waals surface area contributed by atoms with E-state index < -0.39 is 0 Å². The van der Waals surface area contributed by atoms with E-state index in [0.717, 1.165) is 17.1 Å². The number of Topliss-reactive ketones (excluding diaryl/α,β-unsaturated/α-hetero) is 1. The number of ketones is 1. The molecule has 3 rings (SSSR count). The van der Waals surface area contributed by atoms with E-state index >= 15 is 0 Å². The summed E-state index contributed by atoms with van der Waals surface area (Å²) in [6.45, 7) is 3.81. The number of ether oxygens (including phenoxy) is 1. The minimum Gasteiger partial charge on any atom is -0.497 e. The fraction of sp³-hybridized carbons (Fsp3) is 0.217. The number of carbonyl (C=O) groups excluding carboxylic acids is 2. The second kappa shape index (κ2) is 9.65. The first-order chi connectivity index (χ1) is 14.4. The van der Waals surface area contributed by atoms with Crippen molar-refractivity contribution in [3.05, 3.63) is 71.5 Å². The summed E-state index contributed by atoms with van der Waals surface area (Å²) in [7, 11) is 1.57. The molecule has 0 fully saturated rings. The van der Waals surface area contributed by atoms with Crippen LogP contribution in [-0.2, 0) is 4.79 Å². The van der Waals surface area contributed by atoms with E-state index in [-0.39, 0.29) is 24.5 Å². The second-order valence-corrected chi connectivity index (χ2v) is 6.88. The molecule has 0 aliphatic heterocycles. The van der Waals surface area contributed by atoms with Crippen LogP contribution in [0.3, 0.4) is 0 Å². The summed E-state index contributed by atoms with van der Waals surface area (Å²) in [6.07, 6.45) is 0.231. The highest BCUT2D eigenvalue weighted by Gasteiger charge is 2.10. The van der Waals surface area contributed by atoms with E-state index in [0.29, 0.717) is 22.9 Å². The molecule has 0 bridgehead atoms. The Labute approximate surface area is 175 Å². The predicted octanol–water partition coefficient (Wildman–Crippen LogP) is 4.45. The largest absolute Gasteiger partial charge is 0.497 e. The van der Waals surface area contributed by atoms with Gasteiger partial charge in [0.25, 0.3) is 0 Å². The monoisotopic (exact) mass is 404 g/mol. The number of hydrogen-bond donors (Lipinski definition) is 2. The van der Waals surface area contributed by atoms with Crippen LogP contribution in [0.5, 0.6) is 5.75 Å². The number of rotatable bonds is 8. The summed E-state index contributed by atoms with van der Waals surface area (Å²) >= 11 is 0. The van der Waals surface area contributed by atoms with Gasteiger partial charge in [-0.1, -0.05) is 6.07 Å². The zero-order valence-corrected chi connectivity index (χ0v) is 17.2. The Hall–Kier alpha value is -3.74. The summed E-state index contributed by atoms with van der Waals surface area (Å²) in [6, 6.07) is 16.0. The van der Waals surface area contributed by atoms with Crippen molar-refractivity contribution in [2.75, 3.05) is 17.7 Å². The predicted molar refractivity (Wildman–Crippen MR) is 116 cm³/mol. The molecule has 0 spiro atoms. The lowest BCUT2D eigenvalue weighted by molar-refractivity contribution is -0.116. The van der Waals surface area contributed by atoms with Gasteiger partial charge in [-0.3, -0.25) is 9.59 Å². The molecule has 1 amide bonds. The molecular formula is C23H24N4O3. The topological polar surface area (TPSA) is 93.2 Å². The van der Waals surface area contributed by atoms with E-state index in [2.05, 4.69) is 20.6 Å². The van der Waals surface area contributed by atoms with Crippen LogP contribution in [0.2, 0.25) is 0 Å². The minimum atomic E-state index is -0.225. The molecule has 30 heavy (non-hydrogen) atoms. The molecule has 0 aliphatic carbocycles. The second-order valence-electron chi connectivity index (χ2n) is 6.88. The average Bonchev–Trinajstić information content (AvgIpc) is 2.71.